The van der Waals surface area contributed by atoms with Crippen molar-refractivity contribution in [3.05, 3.63) is 34.7 Å². The first-order valence-electron chi connectivity index (χ1n) is 5.27. The van der Waals surface area contributed by atoms with Crippen LogP contribution >= 0.6 is 11.3 Å². The molecule has 1 unspecified atom stereocenters. The van der Waals surface area contributed by atoms with Gasteiger partial charge in [-0.3, -0.25) is 4.79 Å². The van der Waals surface area contributed by atoms with Crippen LogP contribution in [0.3, 0.4) is 0 Å². The van der Waals surface area contributed by atoms with Gasteiger partial charge in [0.1, 0.15) is 0 Å². The number of fused-ring (bicyclic) bond motifs is 1. The number of thiophene rings is 1. The van der Waals surface area contributed by atoms with E-state index >= 15 is 0 Å². The van der Waals surface area contributed by atoms with Crippen molar-refractivity contribution in [3.8, 4) is 0 Å². The lowest BCUT2D eigenvalue weighted by Crippen LogP contribution is -2.12. The van der Waals surface area contributed by atoms with E-state index in [0.717, 1.165) is 5.56 Å². The number of carboxylic acid groups (broad SMARTS) is 1. The molecule has 1 aromatic heterocycles. The zero-order valence-corrected chi connectivity index (χ0v) is 10.2. The Morgan fingerprint density at radius 1 is 1.50 bits per heavy atom. The van der Waals surface area contributed by atoms with Crippen molar-refractivity contribution in [2.45, 2.75) is 20.3 Å². The van der Waals surface area contributed by atoms with Crippen LogP contribution in [0.1, 0.15) is 18.1 Å². The predicted molar refractivity (Wildman–Crippen MR) is 67.1 cm³/mol. The molecule has 0 spiro atoms. The molecule has 0 aliphatic heterocycles. The molecule has 0 bridgehead atoms. The van der Waals surface area contributed by atoms with Gasteiger partial charge in [-0.1, -0.05) is 19.1 Å². The molecular weight excluding hydrogens is 220 g/mol. The van der Waals surface area contributed by atoms with Crippen molar-refractivity contribution in [1.82, 2.24) is 0 Å². The Bertz CT molecular complexity index is 528. The van der Waals surface area contributed by atoms with Crippen molar-refractivity contribution < 1.29 is 9.90 Å². The van der Waals surface area contributed by atoms with E-state index in [9.17, 15) is 4.79 Å². The number of aliphatic carboxylic acids is 1. The van der Waals surface area contributed by atoms with Crippen LogP contribution in [0.15, 0.2) is 23.6 Å². The summed E-state index contributed by atoms with van der Waals surface area (Å²) in [6.07, 6.45) is 0.599. The molecule has 0 saturated heterocycles. The van der Waals surface area contributed by atoms with Crippen molar-refractivity contribution in [2.75, 3.05) is 0 Å². The first-order chi connectivity index (χ1) is 7.58. The van der Waals surface area contributed by atoms with Crippen LogP contribution in [0.5, 0.6) is 0 Å². The summed E-state index contributed by atoms with van der Waals surface area (Å²) in [5.74, 6) is -1.05. The van der Waals surface area contributed by atoms with Crippen LogP contribution in [0.2, 0.25) is 0 Å². The summed E-state index contributed by atoms with van der Waals surface area (Å²) >= 11 is 1.72. The van der Waals surface area contributed by atoms with Gasteiger partial charge in [0.15, 0.2) is 0 Å². The van der Waals surface area contributed by atoms with E-state index in [1.54, 1.807) is 18.3 Å². The zero-order chi connectivity index (χ0) is 11.7. The van der Waals surface area contributed by atoms with E-state index in [1.807, 2.05) is 6.07 Å². The Hall–Kier alpha value is -1.35. The molecule has 1 heterocycles. The molecule has 0 amide bonds. The highest BCUT2D eigenvalue weighted by atomic mass is 32.1. The molecule has 1 atom stereocenters. The molecule has 1 N–H and O–H groups in total. The highest BCUT2D eigenvalue weighted by Gasteiger charge is 2.12. The lowest BCUT2D eigenvalue weighted by molar-refractivity contribution is -0.141. The fraction of sp³-hybridized carbons (Fsp3) is 0.308. The highest BCUT2D eigenvalue weighted by Crippen LogP contribution is 2.27. The largest absolute Gasteiger partial charge is 0.481 e. The Kier molecular flexibility index (Phi) is 2.97. The molecule has 3 heteroatoms. The molecule has 0 fully saturated rings. The Morgan fingerprint density at radius 2 is 2.25 bits per heavy atom. The number of carbonyl (C=O) groups is 1. The summed E-state index contributed by atoms with van der Waals surface area (Å²) in [4.78, 5) is 10.8. The lowest BCUT2D eigenvalue weighted by Gasteiger charge is -2.06. The van der Waals surface area contributed by atoms with Crippen LogP contribution in [0.25, 0.3) is 10.1 Å². The first-order valence-corrected chi connectivity index (χ1v) is 6.15. The number of hydrogen-bond acceptors (Lipinski definition) is 2. The van der Waals surface area contributed by atoms with Gasteiger partial charge in [0.05, 0.1) is 5.92 Å². The predicted octanol–water partition coefficient (Wildman–Crippen LogP) is 3.47. The van der Waals surface area contributed by atoms with Crippen molar-refractivity contribution in [3.63, 3.8) is 0 Å². The normalized spacial score (nSPS) is 12.9. The van der Waals surface area contributed by atoms with E-state index in [-0.39, 0.29) is 5.92 Å². The average Bonchev–Trinajstić information content (AvgIpc) is 2.60. The molecule has 0 aliphatic rings. The quantitative estimate of drug-likeness (QED) is 0.882. The number of carboxylic acids is 1. The van der Waals surface area contributed by atoms with Gasteiger partial charge in [0.2, 0.25) is 0 Å². The van der Waals surface area contributed by atoms with Crippen LogP contribution < -0.4 is 0 Å². The van der Waals surface area contributed by atoms with Gasteiger partial charge < -0.3 is 5.11 Å². The second kappa shape index (κ2) is 4.26. The fourth-order valence-electron chi connectivity index (χ4n) is 1.77. The van der Waals surface area contributed by atoms with Gasteiger partial charge in [-0.2, -0.15) is 0 Å². The maximum Gasteiger partial charge on any atom is 0.306 e. The minimum atomic E-state index is -0.734. The van der Waals surface area contributed by atoms with Crippen LogP contribution in [-0.2, 0) is 11.2 Å². The Morgan fingerprint density at radius 3 is 2.94 bits per heavy atom. The van der Waals surface area contributed by atoms with E-state index in [4.69, 9.17) is 5.11 Å². The summed E-state index contributed by atoms with van der Waals surface area (Å²) in [5, 5.41) is 12.3. The molecule has 2 nitrogen and oxygen atoms in total. The molecule has 1 aromatic carbocycles. The van der Waals surface area contributed by atoms with Gasteiger partial charge in [-0.15, -0.1) is 11.3 Å². The number of aryl methyl sites for hydroxylation is 1. The molecule has 0 radical (unpaired) electrons. The topological polar surface area (TPSA) is 37.3 Å². The first kappa shape index (κ1) is 11.1. The van der Waals surface area contributed by atoms with Gasteiger partial charge in [-0.25, -0.2) is 0 Å². The number of hydrogen-bond donors (Lipinski definition) is 1. The van der Waals surface area contributed by atoms with E-state index in [1.165, 1.54) is 15.6 Å². The minimum absolute atomic E-state index is 0.321. The smallest absolute Gasteiger partial charge is 0.306 e. The average molecular weight is 234 g/mol. The summed E-state index contributed by atoms with van der Waals surface area (Å²) in [5.41, 5.74) is 2.39. The molecule has 0 saturated carbocycles. The van der Waals surface area contributed by atoms with E-state index in [0.29, 0.717) is 6.42 Å². The molecule has 16 heavy (non-hydrogen) atoms. The number of benzene rings is 1. The second-order valence-corrected chi connectivity index (χ2v) is 5.10. The Labute approximate surface area is 98.5 Å². The van der Waals surface area contributed by atoms with Gasteiger partial charge in [0.25, 0.3) is 0 Å². The summed E-state index contributed by atoms with van der Waals surface area (Å²) in [6, 6.07) is 6.22. The monoisotopic (exact) mass is 234 g/mol. The van der Waals surface area contributed by atoms with Crippen molar-refractivity contribution >= 4 is 27.4 Å². The number of rotatable bonds is 3. The third kappa shape index (κ3) is 2.09. The highest BCUT2D eigenvalue weighted by molar-refractivity contribution is 7.17. The van der Waals surface area contributed by atoms with Gasteiger partial charge in [-0.05, 0) is 41.3 Å². The maximum absolute atomic E-state index is 10.8. The third-order valence-corrected chi connectivity index (χ3v) is 3.86. The van der Waals surface area contributed by atoms with Gasteiger partial charge in [0, 0.05) is 4.70 Å². The summed E-state index contributed by atoms with van der Waals surface area (Å²) < 4.78 is 1.24. The standard InChI is InChI=1S/C13H14O2S/c1-8(13(14)15)5-10-3-4-11-9(2)7-16-12(11)6-10/h3-4,6-8H,5H2,1-2H3,(H,14,15). The van der Waals surface area contributed by atoms with Crippen LogP contribution in [-0.4, -0.2) is 11.1 Å². The lowest BCUT2D eigenvalue weighted by atomic mass is 10.0. The Balaban J connectivity index is 2.29. The summed E-state index contributed by atoms with van der Waals surface area (Å²) in [7, 11) is 0. The van der Waals surface area contributed by atoms with Crippen molar-refractivity contribution in [1.29, 1.82) is 0 Å². The third-order valence-electron chi connectivity index (χ3n) is 2.80. The van der Waals surface area contributed by atoms with E-state index in [2.05, 4.69) is 24.4 Å². The van der Waals surface area contributed by atoms with Gasteiger partial charge >= 0.3 is 5.97 Å². The molecule has 84 valence electrons. The van der Waals surface area contributed by atoms with Crippen molar-refractivity contribution in [2.24, 2.45) is 5.92 Å². The SMILES string of the molecule is Cc1csc2cc(CC(C)C(=O)O)ccc12. The minimum Gasteiger partial charge on any atom is -0.481 e. The van der Waals surface area contributed by atoms with E-state index < -0.39 is 5.97 Å². The zero-order valence-electron chi connectivity index (χ0n) is 9.36. The summed E-state index contributed by atoms with van der Waals surface area (Å²) in [6.45, 7) is 3.84. The molecule has 2 rings (SSSR count). The molecular formula is C13H14O2S. The van der Waals surface area contributed by atoms with Crippen LogP contribution in [0.4, 0.5) is 0 Å². The fourth-order valence-corrected chi connectivity index (χ4v) is 2.78. The van der Waals surface area contributed by atoms with Crippen LogP contribution in [0, 0.1) is 12.8 Å². The second-order valence-electron chi connectivity index (χ2n) is 4.19. The maximum atomic E-state index is 10.8. The molecule has 0 aliphatic carbocycles. The molecule has 2 aromatic rings.